The molecule has 1 heterocycles. The van der Waals surface area contributed by atoms with Crippen molar-refractivity contribution in [2.24, 2.45) is 0 Å². The molecule has 3 aromatic rings. The number of nitrogens with one attached hydrogen (secondary N) is 1. The lowest BCUT2D eigenvalue weighted by molar-refractivity contribution is 0.0988. The molecule has 27 heavy (non-hydrogen) atoms. The Hall–Kier alpha value is -3.35. The number of anilines is 3. The lowest BCUT2D eigenvalue weighted by atomic mass is 10.2. The van der Waals surface area contributed by atoms with Gasteiger partial charge in [-0.1, -0.05) is 18.2 Å². The van der Waals surface area contributed by atoms with Crippen LogP contribution >= 0.6 is 0 Å². The van der Waals surface area contributed by atoms with E-state index in [2.05, 4.69) is 10.3 Å². The molecule has 0 aliphatic carbocycles. The summed E-state index contributed by atoms with van der Waals surface area (Å²) in [6.45, 7) is 2.30. The molecule has 3 rings (SSSR count). The Morgan fingerprint density at radius 1 is 1.04 bits per heavy atom. The zero-order chi connectivity index (χ0) is 19.4. The number of nitrogens with zero attached hydrogens (tertiary/aromatic N) is 2. The van der Waals surface area contributed by atoms with Crippen LogP contribution in [0.25, 0.3) is 0 Å². The number of aromatic nitrogens is 1. The number of benzene rings is 2. The number of halogens is 3. The predicted molar refractivity (Wildman–Crippen MR) is 97.6 cm³/mol. The molecule has 0 atom stereocenters. The highest BCUT2D eigenvalue weighted by Crippen LogP contribution is 2.24. The monoisotopic (exact) mass is 371 g/mol. The van der Waals surface area contributed by atoms with Crippen molar-refractivity contribution in [2.75, 3.05) is 16.8 Å². The van der Waals surface area contributed by atoms with E-state index in [1.807, 2.05) is 37.3 Å². The van der Waals surface area contributed by atoms with Crippen LogP contribution < -0.4 is 10.2 Å². The van der Waals surface area contributed by atoms with Gasteiger partial charge in [0.05, 0.1) is 5.69 Å². The van der Waals surface area contributed by atoms with Crippen molar-refractivity contribution in [3.8, 4) is 0 Å². The highest BCUT2D eigenvalue weighted by atomic mass is 19.2. The van der Waals surface area contributed by atoms with Gasteiger partial charge in [-0.2, -0.15) is 0 Å². The molecule has 0 bridgehead atoms. The lowest BCUT2D eigenvalue weighted by Gasteiger charge is -2.21. The maximum atomic E-state index is 13.8. The summed E-state index contributed by atoms with van der Waals surface area (Å²) >= 11 is 0. The summed E-state index contributed by atoms with van der Waals surface area (Å²) in [5.41, 5.74) is 0.783. The maximum absolute atomic E-state index is 13.8. The average molecular weight is 371 g/mol. The van der Waals surface area contributed by atoms with Gasteiger partial charge in [0.25, 0.3) is 5.91 Å². The van der Waals surface area contributed by atoms with E-state index in [4.69, 9.17) is 0 Å². The second kappa shape index (κ2) is 7.90. The minimum Gasteiger partial charge on any atom is -0.338 e. The Morgan fingerprint density at radius 2 is 1.78 bits per heavy atom. The van der Waals surface area contributed by atoms with Gasteiger partial charge in [-0.25, -0.2) is 18.2 Å². The molecule has 2 aromatic carbocycles. The topological polar surface area (TPSA) is 45.2 Å². The average Bonchev–Trinajstić information content (AvgIpc) is 2.70. The van der Waals surface area contributed by atoms with Gasteiger partial charge in [-0.05, 0) is 43.3 Å². The van der Waals surface area contributed by atoms with Crippen molar-refractivity contribution in [1.29, 1.82) is 0 Å². The number of amides is 1. The molecular weight excluding hydrogens is 355 g/mol. The summed E-state index contributed by atoms with van der Waals surface area (Å²) in [6, 6.07) is 14.0. The standard InChI is InChI=1S/C20H16F3N3O/c1-2-26(14-6-4-3-5-7-14)20(27)13-10-11-24-17(12-13)25-16-9-8-15(21)18(22)19(16)23/h3-12H,2H2,1H3,(H,24,25). The van der Waals surface area contributed by atoms with E-state index in [1.54, 1.807) is 4.90 Å². The van der Waals surface area contributed by atoms with Gasteiger partial charge < -0.3 is 10.2 Å². The number of hydrogen-bond donors (Lipinski definition) is 1. The van der Waals surface area contributed by atoms with E-state index >= 15 is 0 Å². The summed E-state index contributed by atoms with van der Waals surface area (Å²) in [5.74, 6) is -4.34. The molecule has 0 aliphatic rings. The molecule has 1 aromatic heterocycles. The van der Waals surface area contributed by atoms with Gasteiger partial charge in [0.1, 0.15) is 5.82 Å². The zero-order valence-electron chi connectivity index (χ0n) is 14.4. The fourth-order valence-corrected chi connectivity index (χ4v) is 2.60. The molecule has 1 amide bonds. The van der Waals surface area contributed by atoms with E-state index in [9.17, 15) is 18.0 Å². The summed E-state index contributed by atoms with van der Waals surface area (Å²) in [4.78, 5) is 18.4. The maximum Gasteiger partial charge on any atom is 0.258 e. The molecule has 0 unspecified atom stereocenters. The van der Waals surface area contributed by atoms with Crippen molar-refractivity contribution in [3.63, 3.8) is 0 Å². The largest absolute Gasteiger partial charge is 0.338 e. The third kappa shape index (κ3) is 3.92. The number of carbonyl (C=O) groups is 1. The van der Waals surface area contributed by atoms with E-state index < -0.39 is 17.5 Å². The first-order chi connectivity index (χ1) is 13.0. The van der Waals surface area contributed by atoms with Gasteiger partial charge in [0.15, 0.2) is 17.5 Å². The number of para-hydroxylation sites is 1. The van der Waals surface area contributed by atoms with Crippen molar-refractivity contribution in [3.05, 3.63) is 83.8 Å². The quantitative estimate of drug-likeness (QED) is 0.648. The fourth-order valence-electron chi connectivity index (χ4n) is 2.60. The van der Waals surface area contributed by atoms with Crippen LogP contribution in [0.5, 0.6) is 0 Å². The Morgan fingerprint density at radius 3 is 2.48 bits per heavy atom. The Kier molecular flexibility index (Phi) is 5.40. The SMILES string of the molecule is CCN(C(=O)c1ccnc(Nc2ccc(F)c(F)c2F)c1)c1ccccc1. The normalized spacial score (nSPS) is 10.5. The second-order valence-electron chi connectivity index (χ2n) is 5.66. The summed E-state index contributed by atoms with van der Waals surface area (Å²) in [7, 11) is 0. The molecule has 0 aliphatic heterocycles. The number of pyridine rings is 1. The van der Waals surface area contributed by atoms with Crippen LogP contribution in [0.3, 0.4) is 0 Å². The van der Waals surface area contributed by atoms with Crippen LogP contribution in [-0.2, 0) is 0 Å². The molecule has 0 radical (unpaired) electrons. The van der Waals surface area contributed by atoms with Crippen LogP contribution in [-0.4, -0.2) is 17.4 Å². The summed E-state index contributed by atoms with van der Waals surface area (Å²) in [5, 5.41) is 2.57. The summed E-state index contributed by atoms with van der Waals surface area (Å²) in [6.07, 6.45) is 1.38. The molecule has 0 fully saturated rings. The second-order valence-corrected chi connectivity index (χ2v) is 5.66. The Bertz CT molecular complexity index is 964. The molecule has 138 valence electrons. The Labute approximate surface area is 154 Å². The molecule has 7 heteroatoms. The van der Waals surface area contributed by atoms with Gasteiger partial charge in [-0.3, -0.25) is 4.79 Å². The third-order valence-electron chi connectivity index (χ3n) is 3.93. The van der Waals surface area contributed by atoms with Crippen molar-refractivity contribution in [1.82, 2.24) is 4.98 Å². The highest BCUT2D eigenvalue weighted by Gasteiger charge is 2.18. The van der Waals surface area contributed by atoms with Gasteiger partial charge in [0, 0.05) is 24.0 Å². The molecule has 4 nitrogen and oxygen atoms in total. The summed E-state index contributed by atoms with van der Waals surface area (Å²) < 4.78 is 40.2. The molecule has 0 spiro atoms. The van der Waals surface area contributed by atoms with E-state index in [0.29, 0.717) is 12.1 Å². The predicted octanol–water partition coefficient (Wildman–Crippen LogP) is 4.91. The van der Waals surface area contributed by atoms with Crippen LogP contribution in [0.15, 0.2) is 60.8 Å². The van der Waals surface area contributed by atoms with Gasteiger partial charge in [0.2, 0.25) is 0 Å². The fraction of sp³-hybridized carbons (Fsp3) is 0.100. The van der Waals surface area contributed by atoms with Crippen LogP contribution in [0, 0.1) is 17.5 Å². The first kappa shape index (κ1) is 18.4. The van der Waals surface area contributed by atoms with E-state index in [0.717, 1.165) is 17.8 Å². The number of carbonyl (C=O) groups excluding carboxylic acids is 1. The first-order valence-corrected chi connectivity index (χ1v) is 8.24. The van der Waals surface area contributed by atoms with Crippen molar-refractivity contribution in [2.45, 2.75) is 6.92 Å². The first-order valence-electron chi connectivity index (χ1n) is 8.24. The van der Waals surface area contributed by atoms with Crippen LogP contribution in [0.4, 0.5) is 30.4 Å². The lowest BCUT2D eigenvalue weighted by Crippen LogP contribution is -2.30. The van der Waals surface area contributed by atoms with Crippen LogP contribution in [0.2, 0.25) is 0 Å². The van der Waals surface area contributed by atoms with E-state index in [1.165, 1.54) is 18.3 Å². The number of hydrogen-bond acceptors (Lipinski definition) is 3. The molecular formula is C20H16F3N3O. The molecule has 0 saturated heterocycles. The van der Waals surface area contributed by atoms with Gasteiger partial charge in [-0.15, -0.1) is 0 Å². The van der Waals surface area contributed by atoms with Crippen molar-refractivity contribution >= 4 is 23.1 Å². The third-order valence-corrected chi connectivity index (χ3v) is 3.93. The van der Waals surface area contributed by atoms with E-state index in [-0.39, 0.29) is 17.4 Å². The minimum atomic E-state index is -1.58. The van der Waals surface area contributed by atoms with Crippen molar-refractivity contribution < 1.29 is 18.0 Å². The Balaban J connectivity index is 1.87. The number of rotatable bonds is 5. The van der Waals surface area contributed by atoms with Gasteiger partial charge >= 0.3 is 0 Å². The zero-order valence-corrected chi connectivity index (χ0v) is 14.4. The highest BCUT2D eigenvalue weighted by molar-refractivity contribution is 6.06. The van der Waals surface area contributed by atoms with Crippen LogP contribution in [0.1, 0.15) is 17.3 Å². The molecule has 1 N–H and O–H groups in total. The minimum absolute atomic E-state index is 0.134. The smallest absolute Gasteiger partial charge is 0.258 e. The molecule has 0 saturated carbocycles.